The maximum atomic E-state index is 4.09. The summed E-state index contributed by atoms with van der Waals surface area (Å²) in [5.74, 6) is 8.14. The summed E-state index contributed by atoms with van der Waals surface area (Å²) in [5.41, 5.74) is 3.83. The van der Waals surface area contributed by atoms with Gasteiger partial charge in [-0.05, 0) is 201 Å². The van der Waals surface area contributed by atoms with Crippen LogP contribution in [0, 0.1) is 53.3 Å². The van der Waals surface area contributed by atoms with Gasteiger partial charge in [0.05, 0.1) is 0 Å². The SMILES string of the molecule is CC(CCC(CNC1C=CCCC1)C1C=CC(C2CCCC3=C2CCCC3)CC1)C1CCC(CC/C=C\CC2CC=CN2)C2CCCCC12. The molecule has 49 heavy (non-hydrogen) atoms. The van der Waals surface area contributed by atoms with Crippen molar-refractivity contribution < 1.29 is 0 Å². The highest BCUT2D eigenvalue weighted by Gasteiger charge is 2.42. The number of allylic oxidation sites excluding steroid dienone is 6. The van der Waals surface area contributed by atoms with Gasteiger partial charge in [-0.3, -0.25) is 0 Å². The Bertz CT molecular complexity index is 1160. The fourth-order valence-electron chi connectivity index (χ4n) is 12.5. The fourth-order valence-corrected chi connectivity index (χ4v) is 12.5. The zero-order valence-electron chi connectivity index (χ0n) is 31.6. The molecule has 11 atom stereocenters. The van der Waals surface area contributed by atoms with Gasteiger partial charge in [0.25, 0.3) is 0 Å². The number of fused-ring (bicyclic) bond motifs is 1. The third-order valence-electron chi connectivity index (χ3n) is 15.3. The normalized spacial score (nSPS) is 37.5. The molecular formula is C47H74N2. The van der Waals surface area contributed by atoms with Crippen LogP contribution in [0.4, 0.5) is 0 Å². The minimum absolute atomic E-state index is 0.609. The second kappa shape index (κ2) is 18.3. The molecule has 1 heterocycles. The first kappa shape index (κ1) is 35.8. The summed E-state index contributed by atoms with van der Waals surface area (Å²) in [6, 6.07) is 1.25. The summed E-state index contributed by atoms with van der Waals surface area (Å²) in [5, 5.41) is 7.58. The van der Waals surface area contributed by atoms with Crippen molar-refractivity contribution in [3.05, 3.63) is 59.9 Å². The second-order valence-corrected chi connectivity index (χ2v) is 18.2. The molecule has 11 unspecified atom stereocenters. The molecule has 2 saturated carbocycles. The molecule has 7 rings (SSSR count). The molecule has 2 N–H and O–H groups in total. The molecule has 2 nitrogen and oxygen atoms in total. The molecule has 2 heteroatoms. The Hall–Kier alpha value is -1.54. The number of nitrogens with one attached hydrogen (secondary N) is 2. The average molecular weight is 667 g/mol. The topological polar surface area (TPSA) is 24.1 Å². The van der Waals surface area contributed by atoms with Crippen LogP contribution in [0.5, 0.6) is 0 Å². The second-order valence-electron chi connectivity index (χ2n) is 18.2. The lowest BCUT2D eigenvalue weighted by atomic mass is 9.57. The number of rotatable bonds is 14. The van der Waals surface area contributed by atoms with Crippen LogP contribution in [0.3, 0.4) is 0 Å². The van der Waals surface area contributed by atoms with E-state index >= 15 is 0 Å². The minimum Gasteiger partial charge on any atom is -0.388 e. The van der Waals surface area contributed by atoms with Crippen LogP contribution < -0.4 is 10.6 Å². The smallest absolute Gasteiger partial charge is 0.0325 e. The van der Waals surface area contributed by atoms with E-state index in [1.807, 2.05) is 11.1 Å². The van der Waals surface area contributed by atoms with Crippen molar-refractivity contribution in [2.24, 2.45) is 53.3 Å². The van der Waals surface area contributed by atoms with Crippen molar-refractivity contribution >= 4 is 0 Å². The lowest BCUT2D eigenvalue weighted by molar-refractivity contribution is 0.0178. The molecule has 0 aromatic carbocycles. The van der Waals surface area contributed by atoms with Gasteiger partial charge in [0.15, 0.2) is 0 Å². The molecular weight excluding hydrogens is 593 g/mol. The quantitative estimate of drug-likeness (QED) is 0.180. The van der Waals surface area contributed by atoms with Crippen LogP contribution in [0.25, 0.3) is 0 Å². The Morgan fingerprint density at radius 1 is 0.796 bits per heavy atom. The van der Waals surface area contributed by atoms with E-state index in [-0.39, 0.29) is 0 Å². The molecule has 1 aliphatic heterocycles. The maximum absolute atomic E-state index is 4.09. The van der Waals surface area contributed by atoms with Gasteiger partial charge >= 0.3 is 0 Å². The maximum Gasteiger partial charge on any atom is 0.0325 e. The van der Waals surface area contributed by atoms with Gasteiger partial charge < -0.3 is 10.6 Å². The third kappa shape index (κ3) is 9.47. The van der Waals surface area contributed by atoms with E-state index in [2.05, 4.69) is 66.3 Å². The van der Waals surface area contributed by atoms with Gasteiger partial charge in [0.1, 0.15) is 0 Å². The van der Waals surface area contributed by atoms with E-state index in [0.717, 1.165) is 53.3 Å². The Morgan fingerprint density at radius 2 is 1.69 bits per heavy atom. The minimum atomic E-state index is 0.609. The van der Waals surface area contributed by atoms with E-state index in [9.17, 15) is 0 Å². The van der Waals surface area contributed by atoms with Crippen molar-refractivity contribution in [2.75, 3.05) is 6.54 Å². The Kier molecular flexibility index (Phi) is 13.4. The van der Waals surface area contributed by atoms with Gasteiger partial charge in [-0.1, -0.05) is 79.9 Å². The predicted octanol–water partition coefficient (Wildman–Crippen LogP) is 12.4. The van der Waals surface area contributed by atoms with Gasteiger partial charge in [-0.25, -0.2) is 0 Å². The van der Waals surface area contributed by atoms with E-state index in [0.29, 0.717) is 12.1 Å². The summed E-state index contributed by atoms with van der Waals surface area (Å²) in [7, 11) is 0. The Labute approximate surface area is 302 Å². The summed E-state index contributed by atoms with van der Waals surface area (Å²) in [6.45, 7) is 3.91. The molecule has 6 aliphatic carbocycles. The first-order chi connectivity index (χ1) is 24.2. The molecule has 0 amide bonds. The van der Waals surface area contributed by atoms with E-state index in [1.54, 1.807) is 0 Å². The van der Waals surface area contributed by atoms with Crippen LogP contribution in [0.1, 0.15) is 161 Å². The van der Waals surface area contributed by atoms with Crippen molar-refractivity contribution in [3.63, 3.8) is 0 Å². The van der Waals surface area contributed by atoms with Crippen molar-refractivity contribution in [2.45, 2.75) is 173 Å². The van der Waals surface area contributed by atoms with E-state index in [4.69, 9.17) is 0 Å². The average Bonchev–Trinajstić information content (AvgIpc) is 3.69. The monoisotopic (exact) mass is 667 g/mol. The summed E-state index contributed by atoms with van der Waals surface area (Å²) < 4.78 is 0. The van der Waals surface area contributed by atoms with Crippen molar-refractivity contribution in [1.29, 1.82) is 0 Å². The summed E-state index contributed by atoms with van der Waals surface area (Å²) in [4.78, 5) is 0. The zero-order valence-corrected chi connectivity index (χ0v) is 31.6. The highest BCUT2D eigenvalue weighted by atomic mass is 14.9. The number of hydrogen-bond donors (Lipinski definition) is 2. The first-order valence-electron chi connectivity index (χ1n) is 22.1. The van der Waals surface area contributed by atoms with Gasteiger partial charge in [-0.15, -0.1) is 0 Å². The highest BCUT2D eigenvalue weighted by Crippen LogP contribution is 2.52. The summed E-state index contributed by atoms with van der Waals surface area (Å²) in [6.07, 6.45) is 53.8. The van der Waals surface area contributed by atoms with Crippen molar-refractivity contribution in [1.82, 2.24) is 10.6 Å². The van der Waals surface area contributed by atoms with Crippen LogP contribution in [-0.4, -0.2) is 18.6 Å². The molecule has 0 saturated heterocycles. The molecule has 2 fully saturated rings. The predicted molar refractivity (Wildman–Crippen MR) is 210 cm³/mol. The Balaban J connectivity index is 0.942. The van der Waals surface area contributed by atoms with Crippen LogP contribution in [0.2, 0.25) is 0 Å². The van der Waals surface area contributed by atoms with Crippen LogP contribution >= 0.6 is 0 Å². The zero-order chi connectivity index (χ0) is 33.3. The largest absolute Gasteiger partial charge is 0.388 e. The van der Waals surface area contributed by atoms with Crippen LogP contribution in [-0.2, 0) is 0 Å². The fraction of sp³-hybridized carbons (Fsp3) is 0.787. The van der Waals surface area contributed by atoms with E-state index in [1.165, 1.54) is 161 Å². The van der Waals surface area contributed by atoms with Crippen molar-refractivity contribution in [3.8, 4) is 0 Å². The molecule has 0 aromatic heterocycles. The molecule has 272 valence electrons. The molecule has 0 aromatic rings. The number of hydrogen-bond acceptors (Lipinski definition) is 2. The lowest BCUT2D eigenvalue weighted by Gasteiger charge is -2.48. The van der Waals surface area contributed by atoms with Gasteiger partial charge in [0, 0.05) is 12.1 Å². The van der Waals surface area contributed by atoms with Gasteiger partial charge in [0.2, 0.25) is 0 Å². The molecule has 0 bridgehead atoms. The third-order valence-corrected chi connectivity index (χ3v) is 15.3. The van der Waals surface area contributed by atoms with E-state index < -0.39 is 0 Å². The lowest BCUT2D eigenvalue weighted by Crippen LogP contribution is -2.40. The molecule has 7 aliphatic rings. The Morgan fingerprint density at radius 3 is 2.53 bits per heavy atom. The van der Waals surface area contributed by atoms with Crippen LogP contribution in [0.15, 0.2) is 59.9 Å². The highest BCUT2D eigenvalue weighted by molar-refractivity contribution is 5.25. The standard InChI is InChI=1S/C47H74N2/c1-35(43-32-31-38(46-22-10-11-23-47(43)46)14-4-2-5-17-41-20-13-33-48-41)25-26-40(34-49-42-18-6-3-7-19-42)36-27-29-39(30-28-36)45-24-12-16-37-15-8-9-21-44(37)45/h2,5-6,13,18,27,29,33,35-36,38-43,45-49H,3-4,7-12,14-17,19-26,28,30-32,34H2,1H3/b5-2-. The first-order valence-corrected chi connectivity index (χ1v) is 22.1. The van der Waals surface area contributed by atoms with Gasteiger partial charge in [-0.2, -0.15) is 0 Å². The molecule has 0 spiro atoms. The summed E-state index contributed by atoms with van der Waals surface area (Å²) >= 11 is 0. The molecule has 0 radical (unpaired) electrons.